The summed E-state index contributed by atoms with van der Waals surface area (Å²) >= 11 is -8.95. The van der Waals surface area contributed by atoms with E-state index in [0.717, 1.165) is 0 Å². The van der Waals surface area contributed by atoms with Crippen molar-refractivity contribution in [2.75, 3.05) is 0 Å². The second-order valence-corrected chi connectivity index (χ2v) is 2.47. The number of hydrogen-bond acceptors (Lipinski definition) is 0. The number of halogens is 5. The maximum absolute atomic E-state index is 9.88. The van der Waals surface area contributed by atoms with E-state index in [2.05, 4.69) is 0 Å². The van der Waals surface area contributed by atoms with Gasteiger partial charge in [0, 0.05) is 0 Å². The SMILES string of the molecule is [F][Al-2]([F])([F])([F])[F].[Li+].[Li+]. The van der Waals surface area contributed by atoms with Gasteiger partial charge in [-0.25, -0.2) is 0 Å². The molecule has 0 aliphatic carbocycles. The fourth-order valence-electron chi connectivity index (χ4n) is 0. The summed E-state index contributed by atoms with van der Waals surface area (Å²) in [7, 11) is 0. The standard InChI is InChI=1S/Al.5FH.2Li/h;5*1H;;/q+3;;;;;;2*+1/p-5. The Balaban J connectivity index is -0.000000125. The molecule has 0 rings (SSSR count). The molecule has 0 bridgehead atoms. The summed E-state index contributed by atoms with van der Waals surface area (Å²) in [4.78, 5) is 0. The van der Waals surface area contributed by atoms with Gasteiger partial charge in [-0.1, -0.05) is 0 Å². The third-order valence-corrected chi connectivity index (χ3v) is 0. The maximum Gasteiger partial charge on any atom is 1.00 e. The van der Waals surface area contributed by atoms with Crippen LogP contribution in [0.3, 0.4) is 0 Å². The van der Waals surface area contributed by atoms with Crippen molar-refractivity contribution in [3.63, 3.8) is 0 Å². The Morgan fingerprint density at radius 3 is 0.625 bits per heavy atom. The molecule has 0 fully saturated rings. The molecule has 0 aliphatic rings. The van der Waals surface area contributed by atoms with Gasteiger partial charge < -0.3 is 0 Å². The van der Waals surface area contributed by atoms with Crippen molar-refractivity contribution < 1.29 is 55.3 Å². The largest absolute Gasteiger partial charge is 1.00 e. The zero-order valence-corrected chi connectivity index (χ0v) is 5.62. The topological polar surface area (TPSA) is 0 Å². The van der Waals surface area contributed by atoms with Crippen LogP contribution >= 0.6 is 0 Å². The molecule has 0 aliphatic heterocycles. The second kappa shape index (κ2) is 3.52. The molecule has 0 unspecified atom stereocenters. The zero-order valence-electron chi connectivity index (χ0n) is 4.47. The van der Waals surface area contributed by atoms with E-state index in [1.54, 1.807) is 0 Å². The average Bonchev–Trinajstić information content (AvgIpc) is 0.650. The Hall–Kier alpha value is 1.38. The first-order chi connectivity index (χ1) is 2.24. The molecule has 0 aromatic rings. The Morgan fingerprint density at radius 1 is 0.625 bits per heavy atom. The van der Waals surface area contributed by atoms with E-state index in [4.69, 9.17) is 0 Å². The number of rotatable bonds is 0. The van der Waals surface area contributed by atoms with E-state index in [-0.39, 0.29) is 37.7 Å². The van der Waals surface area contributed by atoms with E-state index >= 15 is 0 Å². The summed E-state index contributed by atoms with van der Waals surface area (Å²) in [5.74, 6) is 0. The van der Waals surface area contributed by atoms with Gasteiger partial charge in [0.05, 0.1) is 0 Å². The van der Waals surface area contributed by atoms with Crippen molar-refractivity contribution in [2.45, 2.75) is 0 Å². The van der Waals surface area contributed by atoms with Crippen LogP contribution in [0.1, 0.15) is 0 Å². The molecule has 0 aromatic heterocycles. The summed E-state index contributed by atoms with van der Waals surface area (Å²) < 4.78 is 49.4. The maximum atomic E-state index is 9.88. The van der Waals surface area contributed by atoms with E-state index in [1.807, 2.05) is 0 Å². The fourth-order valence-corrected chi connectivity index (χ4v) is 0. The van der Waals surface area contributed by atoms with E-state index in [1.165, 1.54) is 0 Å². The minimum Gasteiger partial charge on any atom is 1.00 e. The van der Waals surface area contributed by atoms with Crippen LogP contribution in [0.25, 0.3) is 0 Å². The van der Waals surface area contributed by atoms with Gasteiger partial charge in [0.2, 0.25) is 0 Å². The molecule has 8 heteroatoms. The van der Waals surface area contributed by atoms with E-state index in [0.29, 0.717) is 0 Å². The monoisotopic (exact) mass is 136 g/mol. The third kappa shape index (κ3) is 158. The fraction of sp³-hybridized carbons (Fsp3) is 0. The van der Waals surface area contributed by atoms with Crippen LogP contribution < -0.4 is 37.7 Å². The van der Waals surface area contributed by atoms with Crippen LogP contribution in [0.4, 0.5) is 17.6 Å². The van der Waals surface area contributed by atoms with Gasteiger partial charge in [-0.2, -0.15) is 0 Å². The molecule has 0 aromatic carbocycles. The van der Waals surface area contributed by atoms with Crippen molar-refractivity contribution in [2.24, 2.45) is 0 Å². The predicted octanol–water partition coefficient (Wildman–Crippen LogP) is -4.27. The van der Waals surface area contributed by atoms with Crippen molar-refractivity contribution >= 4 is 14.3 Å². The third-order valence-electron chi connectivity index (χ3n) is 0. The van der Waals surface area contributed by atoms with Gasteiger partial charge in [0.15, 0.2) is 0 Å². The quantitative estimate of drug-likeness (QED) is 0.233. The Morgan fingerprint density at radius 2 is 0.625 bits per heavy atom. The molecule has 0 saturated heterocycles. The molecule has 0 atom stereocenters. The van der Waals surface area contributed by atoms with Gasteiger partial charge in [-0.3, -0.25) is 0 Å². The van der Waals surface area contributed by atoms with Gasteiger partial charge in [-0.05, 0) is 0 Å². The van der Waals surface area contributed by atoms with Crippen molar-refractivity contribution in [3.8, 4) is 0 Å². The smallest absolute Gasteiger partial charge is 1.00 e. The summed E-state index contributed by atoms with van der Waals surface area (Å²) in [6.45, 7) is 0. The van der Waals surface area contributed by atoms with Crippen molar-refractivity contribution in [1.29, 1.82) is 0 Å². The summed E-state index contributed by atoms with van der Waals surface area (Å²) in [6.07, 6.45) is 0. The molecule has 0 amide bonds. The molecule has 8 heavy (non-hydrogen) atoms. The second-order valence-electron chi connectivity index (χ2n) is 0.825. The van der Waals surface area contributed by atoms with Crippen molar-refractivity contribution in [1.82, 2.24) is 0 Å². The summed E-state index contributed by atoms with van der Waals surface area (Å²) in [6, 6.07) is 0. The molecule has 0 N–H and O–H groups in total. The molecule has 0 heterocycles. The first-order valence-corrected chi connectivity index (χ1v) is 3.27. The number of hydrogen-bond donors (Lipinski definition) is 0. The Kier molecular flexibility index (Phi) is 7.12. The van der Waals surface area contributed by atoms with Crippen LogP contribution in [-0.4, -0.2) is 14.3 Å². The summed E-state index contributed by atoms with van der Waals surface area (Å²) in [5, 5.41) is 0. The summed E-state index contributed by atoms with van der Waals surface area (Å²) in [5.41, 5.74) is 0. The molecule has 0 spiro atoms. The van der Waals surface area contributed by atoms with Crippen LogP contribution in [0.2, 0.25) is 0 Å². The van der Waals surface area contributed by atoms with Gasteiger partial charge in [0.1, 0.15) is 0 Å². The van der Waals surface area contributed by atoms with Crippen LogP contribution in [0.5, 0.6) is 0 Å². The van der Waals surface area contributed by atoms with Gasteiger partial charge >= 0.3 is 69.6 Å². The first kappa shape index (κ1) is 16.2. The molecular weight excluding hydrogens is 136 g/mol. The van der Waals surface area contributed by atoms with Crippen LogP contribution in [0.15, 0.2) is 0 Å². The first-order valence-electron chi connectivity index (χ1n) is 1.09. The molecule has 40 valence electrons. The zero-order chi connectivity index (χ0) is 5.45. The minimum atomic E-state index is -8.95. The molecule has 0 nitrogen and oxygen atoms in total. The van der Waals surface area contributed by atoms with Crippen LogP contribution in [0, 0.1) is 0 Å². The Bertz CT molecular complexity index is 43.6. The predicted molar refractivity (Wildman–Crippen MR) is 11.3 cm³/mol. The van der Waals surface area contributed by atoms with Gasteiger partial charge in [-0.15, -0.1) is 0 Å². The van der Waals surface area contributed by atoms with Crippen LogP contribution in [-0.2, 0) is 0 Å². The van der Waals surface area contributed by atoms with Crippen molar-refractivity contribution in [3.05, 3.63) is 0 Å². The van der Waals surface area contributed by atoms with E-state index < -0.39 is 14.3 Å². The average molecular weight is 136 g/mol. The molecule has 0 saturated carbocycles. The van der Waals surface area contributed by atoms with E-state index in [9.17, 15) is 17.6 Å². The van der Waals surface area contributed by atoms with Gasteiger partial charge in [0.25, 0.3) is 0 Å². The minimum absolute atomic E-state index is 0. The normalized spacial score (nSPS) is 14.4. The Labute approximate surface area is 69.5 Å². The molecule has 0 radical (unpaired) electrons. The molecular formula is AlF5Li2.